The summed E-state index contributed by atoms with van der Waals surface area (Å²) in [4.78, 5) is 11.6. The van der Waals surface area contributed by atoms with E-state index in [1.807, 2.05) is 0 Å². The molecule has 5 atom stereocenters. The number of methoxy groups -OCH3 is 1. The van der Waals surface area contributed by atoms with Crippen LogP contribution in [-0.2, 0) is 23.4 Å². The van der Waals surface area contributed by atoms with Gasteiger partial charge in [0.15, 0.2) is 0 Å². The van der Waals surface area contributed by atoms with E-state index in [4.69, 9.17) is 21.6 Å². The van der Waals surface area contributed by atoms with Gasteiger partial charge in [-0.25, -0.2) is 4.57 Å². The molecule has 2 radical (unpaired) electrons. The zero-order valence-corrected chi connectivity index (χ0v) is 14.9. The Kier molecular flexibility index (Phi) is 7.04. The molecule has 1 aliphatic rings. The van der Waals surface area contributed by atoms with E-state index in [0.29, 0.717) is 5.75 Å². The summed E-state index contributed by atoms with van der Waals surface area (Å²) in [7, 11) is 2.87. The maximum absolute atomic E-state index is 13.0. The number of nitrogens with one attached hydrogen (secondary N) is 1. The molecule has 10 heteroatoms. The van der Waals surface area contributed by atoms with Crippen LogP contribution in [0.3, 0.4) is 0 Å². The number of aliphatic hydroxyl groups is 1. The molecule has 2 rings (SSSR count). The van der Waals surface area contributed by atoms with Crippen LogP contribution in [0.2, 0.25) is 0 Å². The van der Waals surface area contributed by atoms with Crippen molar-refractivity contribution in [1.29, 1.82) is 0 Å². The van der Waals surface area contributed by atoms with Crippen LogP contribution in [0.1, 0.15) is 13.3 Å². The minimum atomic E-state index is -3.95. The van der Waals surface area contributed by atoms with Crippen LogP contribution in [-0.4, -0.2) is 56.9 Å². The summed E-state index contributed by atoms with van der Waals surface area (Å²) in [5.74, 6) is -0.334. The maximum Gasteiger partial charge on any atom is 0.459 e. The molecule has 136 valence electrons. The third-order valence-electron chi connectivity index (χ3n) is 3.54. The van der Waals surface area contributed by atoms with Crippen LogP contribution in [0.25, 0.3) is 0 Å². The predicted octanol–water partition coefficient (Wildman–Crippen LogP) is 0.986. The third kappa shape index (κ3) is 5.83. The maximum atomic E-state index is 13.0. The van der Waals surface area contributed by atoms with Gasteiger partial charge in [-0.05, 0) is 25.5 Å². The Balaban J connectivity index is 2.08. The molecule has 1 fully saturated rings. The molecular weight excluding hydrogens is 348 g/mol. The number of rotatable bonds is 8. The number of esters is 1. The fourth-order valence-electron chi connectivity index (χ4n) is 2.26. The molecule has 1 heterocycles. The quantitative estimate of drug-likeness (QED) is 0.397. The first-order valence-electron chi connectivity index (χ1n) is 7.77. The Bertz CT molecular complexity index is 617. The molecule has 1 saturated heterocycles. The monoisotopic (exact) mass is 369 g/mol. The predicted molar refractivity (Wildman–Crippen MR) is 90.3 cm³/mol. The molecule has 4 unspecified atom stereocenters. The first-order valence-corrected chi connectivity index (χ1v) is 9.31. The molecule has 0 amide bonds. The van der Waals surface area contributed by atoms with E-state index in [0.717, 1.165) is 0 Å². The van der Waals surface area contributed by atoms with E-state index in [-0.39, 0.29) is 13.0 Å². The normalized spacial score (nSPS) is 26.6. The van der Waals surface area contributed by atoms with Crippen molar-refractivity contribution < 1.29 is 33.0 Å². The second kappa shape index (κ2) is 8.83. The molecule has 25 heavy (non-hydrogen) atoms. The summed E-state index contributed by atoms with van der Waals surface area (Å²) in [5, 5.41) is 12.4. The Labute approximate surface area is 147 Å². The zero-order valence-electron chi connectivity index (χ0n) is 14.0. The fraction of sp³-hybridized carbons (Fsp3) is 0.533. The molecule has 8 nitrogen and oxygen atoms in total. The molecule has 0 aliphatic carbocycles. The van der Waals surface area contributed by atoms with Crippen molar-refractivity contribution in [2.75, 3.05) is 13.7 Å². The fourth-order valence-corrected chi connectivity index (χ4v) is 3.76. The van der Waals surface area contributed by atoms with E-state index < -0.39 is 38.0 Å². The van der Waals surface area contributed by atoms with Crippen LogP contribution in [0.5, 0.6) is 5.75 Å². The number of carbonyl (C=O) groups excluding carboxylic acids is 1. The topological polar surface area (TPSA) is 103 Å². The molecule has 0 spiro atoms. The Morgan fingerprint density at radius 2 is 2.16 bits per heavy atom. The molecule has 0 saturated carbocycles. The van der Waals surface area contributed by atoms with Crippen molar-refractivity contribution in [3.63, 3.8) is 0 Å². The first kappa shape index (κ1) is 19.9. The summed E-state index contributed by atoms with van der Waals surface area (Å²) in [6, 6.07) is 6.82. The summed E-state index contributed by atoms with van der Waals surface area (Å²) in [5.41, 5.74) is 0. The van der Waals surface area contributed by atoms with Crippen LogP contribution in [0, 0.1) is 0 Å². The van der Waals surface area contributed by atoms with E-state index in [2.05, 4.69) is 9.82 Å². The van der Waals surface area contributed by atoms with E-state index in [1.54, 1.807) is 30.3 Å². The minimum Gasteiger partial charge on any atom is -0.468 e. The van der Waals surface area contributed by atoms with E-state index >= 15 is 0 Å². The number of para-hydroxylation sites is 1. The molecule has 1 aliphatic heterocycles. The lowest BCUT2D eigenvalue weighted by atomic mass is 9.96. The molecule has 1 aromatic carbocycles. The Hall–Kier alpha value is -1.38. The van der Waals surface area contributed by atoms with Crippen molar-refractivity contribution in [2.45, 2.75) is 37.6 Å². The van der Waals surface area contributed by atoms with Crippen molar-refractivity contribution >= 4 is 21.6 Å². The highest BCUT2D eigenvalue weighted by atomic mass is 31.2. The van der Waals surface area contributed by atoms with Crippen molar-refractivity contribution in [3.05, 3.63) is 30.3 Å². The summed E-state index contributed by atoms with van der Waals surface area (Å²) < 4.78 is 33.7. The zero-order chi connectivity index (χ0) is 18.4. The third-order valence-corrected chi connectivity index (χ3v) is 5.18. The number of ether oxygens (including phenoxy) is 2. The van der Waals surface area contributed by atoms with Crippen LogP contribution < -0.4 is 9.61 Å². The van der Waals surface area contributed by atoms with Crippen molar-refractivity contribution in [3.8, 4) is 5.75 Å². The van der Waals surface area contributed by atoms with Crippen LogP contribution >= 0.6 is 7.75 Å². The van der Waals surface area contributed by atoms with Crippen molar-refractivity contribution in [2.24, 2.45) is 0 Å². The van der Waals surface area contributed by atoms with Gasteiger partial charge in [-0.3, -0.25) is 9.32 Å². The number of carbonyl (C=O) groups is 1. The largest absolute Gasteiger partial charge is 0.468 e. The van der Waals surface area contributed by atoms with Crippen LogP contribution in [0.15, 0.2) is 30.3 Å². The van der Waals surface area contributed by atoms with Gasteiger partial charge in [0.25, 0.3) is 0 Å². The van der Waals surface area contributed by atoms with E-state index in [1.165, 1.54) is 14.0 Å². The van der Waals surface area contributed by atoms with Gasteiger partial charge in [0.05, 0.1) is 19.8 Å². The van der Waals surface area contributed by atoms with Gasteiger partial charge in [0, 0.05) is 6.00 Å². The van der Waals surface area contributed by atoms with Gasteiger partial charge in [-0.15, -0.1) is 0 Å². The standard InChI is InChI=1S/C15H21BNO7P/c1-10(15(19)21-2)17-25(20,24-11-6-4-3-5-7-11)22-9-13-12(18)8-14(16)23-13/h3-7,10,12-14,18H,8-9H2,1-2H3,(H,17,20)/t10-,12?,13?,14?,25?/m0/s1. The van der Waals surface area contributed by atoms with Gasteiger partial charge in [0.2, 0.25) is 0 Å². The van der Waals surface area contributed by atoms with Gasteiger partial charge in [-0.1, -0.05) is 18.2 Å². The number of aliphatic hydroxyl groups excluding tert-OH is 1. The summed E-state index contributed by atoms with van der Waals surface area (Å²) >= 11 is 0. The Morgan fingerprint density at radius 3 is 2.72 bits per heavy atom. The average Bonchev–Trinajstić information content (AvgIpc) is 2.90. The highest BCUT2D eigenvalue weighted by Gasteiger charge is 2.37. The molecule has 0 bridgehead atoms. The lowest BCUT2D eigenvalue weighted by Gasteiger charge is -2.24. The van der Waals surface area contributed by atoms with Gasteiger partial charge in [0.1, 0.15) is 25.7 Å². The highest BCUT2D eigenvalue weighted by molar-refractivity contribution is 7.52. The molecule has 1 aromatic rings. The van der Waals surface area contributed by atoms with Crippen LogP contribution in [0.4, 0.5) is 0 Å². The number of hydrogen-bond acceptors (Lipinski definition) is 7. The average molecular weight is 369 g/mol. The lowest BCUT2D eigenvalue weighted by molar-refractivity contribution is -0.142. The lowest BCUT2D eigenvalue weighted by Crippen LogP contribution is -2.36. The SMILES string of the molecule is [B]C1CC(O)C(COP(=O)(N[C@@H](C)C(=O)OC)Oc2ccccc2)O1. The summed E-state index contributed by atoms with van der Waals surface area (Å²) in [6.07, 6.45) is -1.32. The smallest absolute Gasteiger partial charge is 0.459 e. The minimum absolute atomic E-state index is 0.222. The number of benzene rings is 1. The molecule has 0 aromatic heterocycles. The molecule has 2 N–H and O–H groups in total. The van der Waals surface area contributed by atoms with Gasteiger partial charge >= 0.3 is 13.7 Å². The second-order valence-electron chi connectivity index (χ2n) is 5.59. The van der Waals surface area contributed by atoms with E-state index in [9.17, 15) is 14.5 Å². The first-order chi connectivity index (χ1) is 11.8. The highest BCUT2D eigenvalue weighted by Crippen LogP contribution is 2.45. The summed E-state index contributed by atoms with van der Waals surface area (Å²) in [6.45, 7) is 1.24. The van der Waals surface area contributed by atoms with Gasteiger partial charge in [-0.2, -0.15) is 5.09 Å². The molecular formula is C15H21BNO7P. The van der Waals surface area contributed by atoms with Gasteiger partial charge < -0.3 is 19.1 Å². The number of hydrogen-bond donors (Lipinski definition) is 2. The Morgan fingerprint density at radius 1 is 1.48 bits per heavy atom. The van der Waals surface area contributed by atoms with Crippen molar-refractivity contribution in [1.82, 2.24) is 5.09 Å². The second-order valence-corrected chi connectivity index (χ2v) is 7.28.